The number of hydrogen-bond acceptors (Lipinski definition) is 3. The minimum absolute atomic E-state index is 0.0983. The van der Waals surface area contributed by atoms with Gasteiger partial charge in [-0.2, -0.15) is 26.3 Å². The van der Waals surface area contributed by atoms with Crippen LogP contribution in [0.2, 0.25) is 0 Å². The Labute approximate surface area is 619 Å². The highest BCUT2D eigenvalue weighted by Gasteiger charge is 2.72. The van der Waals surface area contributed by atoms with E-state index in [-0.39, 0.29) is 5.78 Å². The summed E-state index contributed by atoms with van der Waals surface area (Å²) in [6, 6.07) is 60.3. The fourth-order valence-electron chi connectivity index (χ4n) is 11.3. The molecule has 0 radical (unpaired) electrons. The van der Waals surface area contributed by atoms with Crippen LogP contribution in [0.25, 0.3) is 11.1 Å². The summed E-state index contributed by atoms with van der Waals surface area (Å²) in [5.41, 5.74) is 26.1. The van der Waals surface area contributed by atoms with Crippen molar-refractivity contribution in [2.75, 3.05) is 0 Å². The molecule has 0 aliphatic heterocycles. The number of alkyl halides is 6. The topological polar surface area (TPSA) is 43.4 Å². The third kappa shape index (κ3) is 21.4. The zero-order chi connectivity index (χ0) is 77.6. The van der Waals surface area contributed by atoms with Gasteiger partial charge in [-0.1, -0.05) is 133 Å². The van der Waals surface area contributed by atoms with Crippen molar-refractivity contribution in [2.24, 2.45) is 0 Å². The Kier molecular flexibility index (Phi) is 28.8. The van der Waals surface area contributed by atoms with Crippen molar-refractivity contribution in [3.8, 4) is 22.6 Å². The Bertz CT molecular complexity index is 4460. The molecule has 0 aliphatic carbocycles. The van der Waals surface area contributed by atoms with Crippen molar-refractivity contribution in [1.29, 1.82) is 0 Å². The van der Waals surface area contributed by atoms with E-state index < -0.39 is 39.7 Å². The Morgan fingerprint density at radius 1 is 0.250 bits per heavy atom. The molecule has 0 saturated heterocycles. The summed E-state index contributed by atoms with van der Waals surface area (Å²) in [6.07, 6.45) is -11.1. The number of hydrogen-bond donors (Lipinski definition) is 0. The summed E-state index contributed by atoms with van der Waals surface area (Å²) in [4.78, 5) is 14.1. The van der Waals surface area contributed by atoms with E-state index in [2.05, 4.69) is 197 Å². The van der Waals surface area contributed by atoms with Crippen LogP contribution in [0.3, 0.4) is 0 Å². The lowest BCUT2D eigenvalue weighted by molar-refractivity contribution is -0.288. The fraction of sp³-hybridized carbons (Fsp3) is 0.287. The molecule has 0 heterocycles. The van der Waals surface area contributed by atoms with E-state index in [0.717, 1.165) is 67.8 Å². The Balaban J connectivity index is 0.000000199. The first-order valence-electron chi connectivity index (χ1n) is 35.1. The fourth-order valence-corrected chi connectivity index (χ4v) is 12.5. The third-order valence-corrected chi connectivity index (χ3v) is 21.7. The molecule has 0 N–H and O–H groups in total. The van der Waals surface area contributed by atoms with Crippen LogP contribution in [0, 0.1) is 166 Å². The average Bonchev–Trinajstić information content (AvgIpc) is 0.714. The van der Waals surface area contributed by atoms with E-state index >= 15 is 0 Å². The van der Waals surface area contributed by atoms with Gasteiger partial charge in [0, 0.05) is 20.9 Å². The molecule has 10 heteroatoms. The quantitative estimate of drug-likeness (QED) is 0.107. The van der Waals surface area contributed by atoms with Crippen LogP contribution in [0.4, 0.5) is 26.3 Å². The lowest BCUT2D eigenvalue weighted by Crippen LogP contribution is -2.54. The van der Waals surface area contributed by atoms with E-state index in [1.807, 2.05) is 98.8 Å². The highest BCUT2D eigenvalue weighted by Crippen LogP contribution is 2.56. The molecule has 0 fully saturated rings. The molecule has 0 unspecified atom stereocenters. The zero-order valence-electron chi connectivity index (χ0n) is 65.4. The van der Waals surface area contributed by atoms with Crippen molar-refractivity contribution in [2.45, 2.75) is 194 Å². The van der Waals surface area contributed by atoms with Crippen molar-refractivity contribution < 1.29 is 40.1 Å². The number of rotatable bonds is 9. The summed E-state index contributed by atoms with van der Waals surface area (Å²) in [6.45, 7) is 48.4. The molecule has 104 heavy (non-hydrogen) atoms. The lowest BCUT2D eigenvalue weighted by atomic mass is 9.71. The molecule has 11 rings (SSSR count). The maximum Gasteiger partial charge on any atom is 0.411 e. The van der Waals surface area contributed by atoms with Gasteiger partial charge in [0.2, 0.25) is 5.41 Å². The molecule has 546 valence electrons. The largest absolute Gasteiger partial charge is 0.457 e. The zero-order valence-corrected chi connectivity index (χ0v) is 66.2. The average molecular weight is 1430 g/mol. The molecule has 0 spiro atoms. The van der Waals surface area contributed by atoms with Gasteiger partial charge >= 0.3 is 12.4 Å². The number of benzene rings is 11. The van der Waals surface area contributed by atoms with E-state index in [4.69, 9.17) is 4.74 Å². The Morgan fingerprint density at radius 2 is 0.481 bits per heavy atom. The summed E-state index contributed by atoms with van der Waals surface area (Å²) in [5, 5.41) is 0. The monoisotopic (exact) mass is 1430 g/mol. The summed E-state index contributed by atoms with van der Waals surface area (Å²) >= 11 is 0. The molecule has 3 nitrogen and oxygen atoms in total. The van der Waals surface area contributed by atoms with E-state index in [1.54, 1.807) is 13.8 Å². The van der Waals surface area contributed by atoms with Crippen LogP contribution in [-0.4, -0.2) is 22.3 Å². The number of carbonyl (C=O) groups is 1. The van der Waals surface area contributed by atoms with Gasteiger partial charge in [0.25, 0.3) is 0 Å². The standard InChI is InChI=1S/C19H18F6.C17H18O.C16H18OS.C16H18O.C16H18.C10H14/c1-11-5-7-15(9-13(11)3)17(18(20,21)22,19(23,24)25)16-8-6-12(2)14(4)10-16;1-11-5-7-15(9-13(11)3)17(18)16-8-6-12(2)14(4)10-16;1-11-5-7-15(9-13(11)3)18(17)16-8-6-12(2)14(4)10-16;1-11-5-7-15(9-13(11)3)17-16-8-6-12(2)14(4)10-16;1-11-5-7-15(9-13(11)3)16-8-6-12(2)14(4)10-16;1-7-5-9(3)10(4)6-8(7)2/h5-10H,1-4H3;2*5-10H,1-4H3;5-10H,1-4H3;5-10H,1-4H3;5-6H,1-4H3. The van der Waals surface area contributed by atoms with Gasteiger partial charge in [0.05, 0.1) is 10.8 Å². The first-order chi connectivity index (χ1) is 48.5. The predicted molar refractivity (Wildman–Crippen MR) is 425 cm³/mol. The second kappa shape index (κ2) is 35.9. The molecule has 11 aromatic rings. The minimum atomic E-state index is -5.55. The first-order valence-corrected chi connectivity index (χ1v) is 36.3. The number of ether oxygens (including phenoxy) is 1. The highest BCUT2D eigenvalue weighted by atomic mass is 32.2. The van der Waals surface area contributed by atoms with Gasteiger partial charge < -0.3 is 4.74 Å². The second-order valence-corrected chi connectivity index (χ2v) is 29.7. The predicted octanol–water partition coefficient (Wildman–Crippen LogP) is 26.8. The normalized spacial score (nSPS) is 11.1. The molecule has 11 aromatic carbocycles. The summed E-state index contributed by atoms with van der Waals surface area (Å²) in [7, 11) is -1.08. The lowest BCUT2D eigenvalue weighted by Gasteiger charge is -2.38. The molecule has 0 atom stereocenters. The molecular formula is C94H104F6O3S. The van der Waals surface area contributed by atoms with Gasteiger partial charge in [-0.3, -0.25) is 4.79 Å². The maximum atomic E-state index is 14.0. The van der Waals surface area contributed by atoms with Crippen molar-refractivity contribution in [1.82, 2.24) is 0 Å². The van der Waals surface area contributed by atoms with Crippen LogP contribution in [-0.2, 0) is 16.2 Å². The first kappa shape index (κ1) is 83.6. The van der Waals surface area contributed by atoms with Gasteiger partial charge in [0.1, 0.15) is 11.5 Å². The molecular weight excluding hydrogens is 1320 g/mol. The van der Waals surface area contributed by atoms with Gasteiger partial charge in [-0.25, -0.2) is 4.21 Å². The van der Waals surface area contributed by atoms with E-state index in [0.29, 0.717) is 22.3 Å². The molecule has 0 saturated carbocycles. The van der Waals surface area contributed by atoms with Crippen molar-refractivity contribution in [3.05, 3.63) is 350 Å². The number of aryl methyl sites for hydroxylation is 24. The smallest absolute Gasteiger partial charge is 0.411 e. The van der Waals surface area contributed by atoms with Crippen LogP contribution < -0.4 is 4.74 Å². The molecule has 0 bridgehead atoms. The van der Waals surface area contributed by atoms with Crippen molar-refractivity contribution in [3.63, 3.8) is 0 Å². The van der Waals surface area contributed by atoms with Gasteiger partial charge in [-0.15, -0.1) is 0 Å². The van der Waals surface area contributed by atoms with Crippen LogP contribution in [0.15, 0.2) is 204 Å². The second-order valence-electron chi connectivity index (χ2n) is 28.2. The number of ketones is 1. The number of carbonyl (C=O) groups excluding carboxylic acids is 1. The highest BCUT2D eigenvalue weighted by molar-refractivity contribution is 7.85. The Hall–Kier alpha value is -9.38. The molecule has 0 aromatic heterocycles. The van der Waals surface area contributed by atoms with E-state index in [9.17, 15) is 35.3 Å². The van der Waals surface area contributed by atoms with Gasteiger partial charge in [0.15, 0.2) is 5.78 Å². The third-order valence-electron chi connectivity index (χ3n) is 20.3. The molecule has 0 aliphatic rings. The van der Waals surface area contributed by atoms with Crippen LogP contribution in [0.5, 0.6) is 11.5 Å². The Morgan fingerprint density at radius 3 is 0.740 bits per heavy atom. The minimum Gasteiger partial charge on any atom is -0.457 e. The number of halogens is 6. The van der Waals surface area contributed by atoms with Crippen molar-refractivity contribution >= 4 is 16.6 Å². The summed E-state index contributed by atoms with van der Waals surface area (Å²) in [5.74, 6) is 1.90. The van der Waals surface area contributed by atoms with Crippen LogP contribution in [0.1, 0.15) is 161 Å². The van der Waals surface area contributed by atoms with E-state index in [1.165, 1.54) is 137 Å². The SMILES string of the molecule is Cc1cc(C)c(C)cc1C.Cc1ccc(-c2ccc(C)c(C)c2)cc1C.Cc1ccc(C(=O)c2ccc(C)c(C)c2)cc1C.Cc1ccc(C(c2ccc(C)c(C)c2)(C(F)(F)F)C(F)(F)F)cc1C.Cc1ccc(Oc2ccc(C)c(C)c2)cc1C.Cc1ccc(S(=O)c2ccc(C)c(C)c2)cc1C. The summed E-state index contributed by atoms with van der Waals surface area (Å²) < 4.78 is 102. The van der Waals surface area contributed by atoms with Gasteiger partial charge in [-0.05, 0) is 383 Å². The maximum absolute atomic E-state index is 14.0. The molecule has 0 amide bonds. The van der Waals surface area contributed by atoms with Crippen LogP contribution >= 0.6 is 0 Å².